The van der Waals surface area contributed by atoms with E-state index in [1.54, 1.807) is 11.3 Å². The molecule has 1 aromatic heterocycles. The van der Waals surface area contributed by atoms with Crippen molar-refractivity contribution in [3.05, 3.63) is 46.2 Å². The van der Waals surface area contributed by atoms with E-state index in [2.05, 4.69) is 22.9 Å². The number of benzene rings is 1. The molecule has 0 bridgehead atoms. The van der Waals surface area contributed by atoms with E-state index in [1.165, 1.54) is 22.3 Å². The highest BCUT2D eigenvalue weighted by Gasteiger charge is 2.30. The number of rotatable bonds is 3. The Kier molecular flexibility index (Phi) is 2.92. The first kappa shape index (κ1) is 11.5. The van der Waals surface area contributed by atoms with Gasteiger partial charge in [-0.2, -0.15) is 11.3 Å². The van der Waals surface area contributed by atoms with Crippen LogP contribution in [-0.4, -0.2) is 12.6 Å². The molecule has 1 aliphatic rings. The van der Waals surface area contributed by atoms with Gasteiger partial charge in [0.05, 0.1) is 13.0 Å². The van der Waals surface area contributed by atoms with Crippen molar-refractivity contribution in [2.75, 3.05) is 6.61 Å². The van der Waals surface area contributed by atoms with Crippen molar-refractivity contribution >= 4 is 17.3 Å². The number of carbonyl (C=O) groups is 1. The van der Waals surface area contributed by atoms with Crippen LogP contribution in [0.1, 0.15) is 30.4 Å². The minimum absolute atomic E-state index is 0.114. The van der Waals surface area contributed by atoms with Gasteiger partial charge in [-0.1, -0.05) is 24.3 Å². The topological polar surface area (TPSA) is 26.3 Å². The van der Waals surface area contributed by atoms with Crippen molar-refractivity contribution in [3.63, 3.8) is 0 Å². The molecule has 1 heterocycles. The van der Waals surface area contributed by atoms with E-state index < -0.39 is 0 Å². The normalized spacial score (nSPS) is 16.2. The molecule has 0 saturated carbocycles. The zero-order valence-corrected chi connectivity index (χ0v) is 11.0. The molecular weight excluding hydrogens is 244 g/mol. The lowest BCUT2D eigenvalue weighted by Gasteiger charge is -2.11. The molecule has 1 aromatic carbocycles. The first-order valence-corrected chi connectivity index (χ1v) is 7.06. The number of thiophene rings is 1. The third-order valence-electron chi connectivity index (χ3n) is 3.37. The van der Waals surface area contributed by atoms with Crippen LogP contribution >= 0.6 is 11.3 Å². The number of ether oxygens (including phenoxy) is 1. The number of fused-ring (bicyclic) bond motifs is 3. The summed E-state index contributed by atoms with van der Waals surface area (Å²) < 4.78 is 5.07. The van der Waals surface area contributed by atoms with E-state index in [0.717, 1.165) is 0 Å². The Labute approximate surface area is 110 Å². The van der Waals surface area contributed by atoms with Gasteiger partial charge < -0.3 is 4.74 Å². The minimum atomic E-state index is -0.114. The maximum Gasteiger partial charge on any atom is 0.306 e. The van der Waals surface area contributed by atoms with Crippen LogP contribution in [0.2, 0.25) is 0 Å². The van der Waals surface area contributed by atoms with Crippen LogP contribution < -0.4 is 0 Å². The predicted molar refractivity (Wildman–Crippen MR) is 72.8 cm³/mol. The quantitative estimate of drug-likeness (QED) is 0.782. The second-order valence-electron chi connectivity index (χ2n) is 4.39. The number of hydrogen-bond donors (Lipinski definition) is 0. The molecule has 0 amide bonds. The fraction of sp³-hybridized carbons (Fsp3) is 0.267. The predicted octanol–water partition coefficient (Wildman–Crippen LogP) is 3.81. The Morgan fingerprint density at radius 3 is 2.89 bits per heavy atom. The van der Waals surface area contributed by atoms with Crippen molar-refractivity contribution in [2.24, 2.45) is 0 Å². The number of carbonyl (C=O) groups excluding carboxylic acids is 1. The average molecular weight is 258 g/mol. The molecule has 3 heteroatoms. The molecule has 18 heavy (non-hydrogen) atoms. The highest BCUT2D eigenvalue weighted by Crippen LogP contribution is 2.47. The van der Waals surface area contributed by atoms with E-state index in [1.807, 2.05) is 19.1 Å². The second kappa shape index (κ2) is 4.58. The summed E-state index contributed by atoms with van der Waals surface area (Å²) in [6.07, 6.45) is 0.439. The minimum Gasteiger partial charge on any atom is -0.466 e. The third kappa shape index (κ3) is 1.75. The zero-order chi connectivity index (χ0) is 12.5. The Hall–Kier alpha value is -1.61. The molecule has 2 nitrogen and oxygen atoms in total. The Morgan fingerprint density at radius 2 is 2.06 bits per heavy atom. The Bertz CT molecular complexity index is 586. The summed E-state index contributed by atoms with van der Waals surface area (Å²) in [5, 5.41) is 4.32. The molecule has 0 unspecified atom stereocenters. The van der Waals surface area contributed by atoms with Crippen LogP contribution in [0.5, 0.6) is 0 Å². The molecule has 0 N–H and O–H groups in total. The van der Waals surface area contributed by atoms with E-state index in [9.17, 15) is 4.79 Å². The summed E-state index contributed by atoms with van der Waals surface area (Å²) >= 11 is 1.70. The Morgan fingerprint density at radius 1 is 1.22 bits per heavy atom. The van der Waals surface area contributed by atoms with Crippen LogP contribution in [0.25, 0.3) is 11.1 Å². The molecule has 0 spiro atoms. The van der Waals surface area contributed by atoms with Crippen molar-refractivity contribution in [1.82, 2.24) is 0 Å². The van der Waals surface area contributed by atoms with Crippen LogP contribution in [0.4, 0.5) is 0 Å². The molecule has 92 valence electrons. The van der Waals surface area contributed by atoms with Gasteiger partial charge in [0, 0.05) is 5.92 Å². The molecule has 2 aromatic rings. The lowest BCUT2D eigenvalue weighted by molar-refractivity contribution is -0.143. The lowest BCUT2D eigenvalue weighted by atomic mass is 9.95. The fourth-order valence-corrected chi connectivity index (χ4v) is 3.52. The first-order valence-electron chi connectivity index (χ1n) is 6.12. The van der Waals surface area contributed by atoms with Crippen LogP contribution in [-0.2, 0) is 9.53 Å². The lowest BCUT2D eigenvalue weighted by Crippen LogP contribution is -2.09. The highest BCUT2D eigenvalue weighted by atomic mass is 32.1. The van der Waals surface area contributed by atoms with Crippen LogP contribution in [0.15, 0.2) is 35.0 Å². The maximum absolute atomic E-state index is 11.7. The van der Waals surface area contributed by atoms with Gasteiger partial charge in [-0.3, -0.25) is 4.79 Å². The summed E-state index contributed by atoms with van der Waals surface area (Å²) in [6, 6.07) is 8.33. The van der Waals surface area contributed by atoms with E-state index in [0.29, 0.717) is 13.0 Å². The SMILES string of the molecule is CCOC(=O)C[C@H]1c2ccccc2-c2cscc21. The van der Waals surface area contributed by atoms with E-state index in [-0.39, 0.29) is 11.9 Å². The zero-order valence-electron chi connectivity index (χ0n) is 10.2. The van der Waals surface area contributed by atoms with Crippen molar-refractivity contribution < 1.29 is 9.53 Å². The van der Waals surface area contributed by atoms with Gasteiger partial charge in [-0.15, -0.1) is 0 Å². The van der Waals surface area contributed by atoms with Gasteiger partial charge in [0.1, 0.15) is 0 Å². The summed E-state index contributed by atoms with van der Waals surface area (Å²) in [5.41, 5.74) is 5.07. The summed E-state index contributed by atoms with van der Waals surface area (Å²) in [7, 11) is 0. The summed E-state index contributed by atoms with van der Waals surface area (Å²) in [6.45, 7) is 2.29. The molecule has 1 atom stereocenters. The monoisotopic (exact) mass is 258 g/mol. The number of hydrogen-bond acceptors (Lipinski definition) is 3. The van der Waals surface area contributed by atoms with Crippen LogP contribution in [0.3, 0.4) is 0 Å². The van der Waals surface area contributed by atoms with Crippen LogP contribution in [0, 0.1) is 0 Å². The van der Waals surface area contributed by atoms with E-state index in [4.69, 9.17) is 4.74 Å². The molecule has 0 fully saturated rings. The molecule has 0 saturated heterocycles. The van der Waals surface area contributed by atoms with Gasteiger partial charge in [0.2, 0.25) is 0 Å². The third-order valence-corrected chi connectivity index (χ3v) is 4.13. The van der Waals surface area contributed by atoms with E-state index >= 15 is 0 Å². The molecule has 0 aliphatic heterocycles. The molecular formula is C15H14O2S. The highest BCUT2D eigenvalue weighted by molar-refractivity contribution is 7.08. The first-order chi connectivity index (χ1) is 8.81. The fourth-order valence-electron chi connectivity index (χ4n) is 2.62. The summed E-state index contributed by atoms with van der Waals surface area (Å²) in [5.74, 6) is 0.0536. The molecule has 3 rings (SSSR count). The molecule has 1 aliphatic carbocycles. The maximum atomic E-state index is 11.7. The standard InChI is InChI=1S/C15H14O2S/c1-2-17-15(16)7-12-10-5-3-4-6-11(10)13-8-18-9-14(12)13/h3-6,8-9,12H,2,7H2,1H3/t12-/m0/s1. The van der Waals surface area contributed by atoms with Crippen molar-refractivity contribution in [3.8, 4) is 11.1 Å². The average Bonchev–Trinajstić information content (AvgIpc) is 2.93. The smallest absolute Gasteiger partial charge is 0.306 e. The van der Waals surface area contributed by atoms with Crippen molar-refractivity contribution in [1.29, 1.82) is 0 Å². The molecule has 0 radical (unpaired) electrons. The van der Waals surface area contributed by atoms with Gasteiger partial charge in [0.15, 0.2) is 0 Å². The van der Waals surface area contributed by atoms with Gasteiger partial charge in [-0.25, -0.2) is 0 Å². The van der Waals surface area contributed by atoms with Gasteiger partial charge in [-0.05, 0) is 39.9 Å². The second-order valence-corrected chi connectivity index (χ2v) is 5.13. The van der Waals surface area contributed by atoms with Crippen molar-refractivity contribution in [2.45, 2.75) is 19.3 Å². The Balaban J connectivity index is 1.98. The van der Waals surface area contributed by atoms with Gasteiger partial charge in [0.25, 0.3) is 0 Å². The summed E-state index contributed by atoms with van der Waals surface area (Å²) in [4.78, 5) is 11.7. The largest absolute Gasteiger partial charge is 0.466 e. The number of esters is 1. The van der Waals surface area contributed by atoms with Gasteiger partial charge >= 0.3 is 5.97 Å².